The van der Waals surface area contributed by atoms with Crippen molar-refractivity contribution >= 4 is 23.4 Å². The number of nitrogens with zero attached hydrogens (tertiary/aromatic N) is 4. The Morgan fingerprint density at radius 3 is 1.30 bits per heavy atom. The van der Waals surface area contributed by atoms with Gasteiger partial charge in [0.15, 0.2) is 5.84 Å². The zero-order valence-electron chi connectivity index (χ0n) is 30.5. The van der Waals surface area contributed by atoms with Gasteiger partial charge in [-0.3, -0.25) is 0 Å². The van der Waals surface area contributed by atoms with Crippen molar-refractivity contribution in [3.63, 3.8) is 0 Å². The summed E-state index contributed by atoms with van der Waals surface area (Å²) in [6.45, 7) is 24.8. The summed E-state index contributed by atoms with van der Waals surface area (Å²) in [5, 5.41) is 11.0. The summed E-state index contributed by atoms with van der Waals surface area (Å²) in [4.78, 5) is 14.1. The summed E-state index contributed by atoms with van der Waals surface area (Å²) >= 11 is 0. The van der Waals surface area contributed by atoms with E-state index in [9.17, 15) is 5.41 Å². The average molecular weight is 615 g/mol. The monoisotopic (exact) mass is 614 g/mol. The van der Waals surface area contributed by atoms with E-state index in [1.54, 1.807) is 7.11 Å². The Morgan fingerprint density at radius 1 is 0.553 bits per heavy atom. The van der Waals surface area contributed by atoms with Crippen LogP contribution in [0.5, 0.6) is 0 Å². The molecule has 0 bridgehead atoms. The summed E-state index contributed by atoms with van der Waals surface area (Å²) in [6.07, 6.45) is 0. The third kappa shape index (κ3) is 9.87. The number of amidine groups is 3. The molecule has 2 aliphatic heterocycles. The molecule has 0 amide bonds. The van der Waals surface area contributed by atoms with Crippen molar-refractivity contribution in [1.82, 2.24) is 0 Å². The van der Waals surface area contributed by atoms with Gasteiger partial charge in [0.25, 0.3) is 0 Å². The maximum atomic E-state index is 11.0. The van der Waals surface area contributed by atoms with E-state index >= 15 is 0 Å². The maximum absolute atomic E-state index is 11.0. The third-order valence-corrected chi connectivity index (χ3v) is 6.38. The van der Waals surface area contributed by atoms with Gasteiger partial charge in [-0.15, -0.1) is 0 Å². The second-order valence-electron chi connectivity index (χ2n) is 15.7. The van der Waals surface area contributed by atoms with E-state index in [-0.39, 0.29) is 46.4 Å². The number of aliphatic imine (C=N–C) groups is 3. The molecule has 2 aromatic rings. The molecule has 234 valence electrons. The molecular weight excluding hydrogens is 571 g/mol. The Kier molecular flexibility index (Phi) is 10.7. The van der Waals surface area contributed by atoms with Crippen molar-refractivity contribution in [2.75, 3.05) is 7.11 Å². The fourth-order valence-corrected chi connectivity index (χ4v) is 4.23. The van der Waals surface area contributed by atoms with Crippen LogP contribution in [0.3, 0.4) is 0 Å². The largest absolute Gasteiger partial charge is 1.00 e. The molecule has 47 heavy (non-hydrogen) atoms. The zero-order chi connectivity index (χ0) is 34.2. The van der Waals surface area contributed by atoms with Gasteiger partial charge in [-0.05, 0) is 113 Å². The molecule has 0 saturated carbocycles. The average Bonchev–Trinajstić information content (AvgIpc) is 3.41. The molecule has 4 rings (SSSR count). The quantitative estimate of drug-likeness (QED) is 0.297. The predicted molar refractivity (Wildman–Crippen MR) is 192 cm³/mol. The predicted octanol–water partition coefficient (Wildman–Crippen LogP) is 5.21. The molecule has 0 saturated heterocycles. The number of rotatable bonds is 0. The first-order valence-corrected chi connectivity index (χ1v) is 15.5. The van der Waals surface area contributed by atoms with E-state index in [4.69, 9.17) is 14.7 Å². The van der Waals surface area contributed by atoms with E-state index in [1.165, 1.54) is 0 Å². The zero-order valence-corrected chi connectivity index (χ0v) is 30.5. The van der Waals surface area contributed by atoms with E-state index in [0.29, 0.717) is 28.7 Å². The van der Waals surface area contributed by atoms with Crippen LogP contribution >= 0.6 is 0 Å². The first-order valence-electron chi connectivity index (χ1n) is 15.5. The van der Waals surface area contributed by atoms with E-state index < -0.39 is 0 Å². The van der Waals surface area contributed by atoms with Gasteiger partial charge < -0.3 is 15.1 Å². The second kappa shape index (κ2) is 13.5. The van der Waals surface area contributed by atoms with Gasteiger partial charge >= 0.3 is 18.9 Å². The molecule has 2 aliphatic rings. The molecular formula is C41H43LiN4O. The number of ether oxygens (including phenoxy) is 1. The number of hydrogen-bond donors (Lipinski definition) is 0. The second-order valence-corrected chi connectivity index (χ2v) is 15.7. The standard InChI is InChI=1S/C41H43N4O.Li/c1-38(2,3)18-14-26-22-30-31(23-27(26)15-19-39(4,5)6)35(43-34(30)42)44-36-32-24-28(16-20-40(7,8)9)29(17-21-41(10,11)12)25-33(32)37(45-36)46-13;/h22-25H,1-13H3;/q-1;+1. The van der Waals surface area contributed by atoms with Gasteiger partial charge in [-0.2, -0.15) is 4.99 Å². The Morgan fingerprint density at radius 2 is 0.915 bits per heavy atom. The molecule has 0 aliphatic carbocycles. The molecule has 0 atom stereocenters. The number of methoxy groups -OCH3 is 1. The van der Waals surface area contributed by atoms with Gasteiger partial charge in [-0.25, -0.2) is 4.99 Å². The van der Waals surface area contributed by atoms with Gasteiger partial charge in [0.2, 0.25) is 5.90 Å². The van der Waals surface area contributed by atoms with Gasteiger partial charge in [-0.1, -0.05) is 53.2 Å². The first kappa shape index (κ1) is 37.2. The summed E-state index contributed by atoms with van der Waals surface area (Å²) in [7, 11) is 1.59. The van der Waals surface area contributed by atoms with E-state index in [2.05, 4.69) is 135 Å². The van der Waals surface area contributed by atoms with Crippen LogP contribution in [0, 0.1) is 69.0 Å². The van der Waals surface area contributed by atoms with Crippen LogP contribution in [0.1, 0.15) is 128 Å². The summed E-state index contributed by atoms with van der Waals surface area (Å²) in [6, 6.07) is 7.70. The molecule has 2 heterocycles. The smallest absolute Gasteiger partial charge is 0.480 e. The van der Waals surface area contributed by atoms with Crippen LogP contribution in [0.2, 0.25) is 0 Å². The topological polar surface area (TPSA) is 68.6 Å². The molecule has 5 nitrogen and oxygen atoms in total. The van der Waals surface area contributed by atoms with Crippen LogP contribution in [-0.2, 0) is 4.74 Å². The summed E-state index contributed by atoms with van der Waals surface area (Å²) in [5.41, 5.74) is 5.04. The molecule has 0 unspecified atom stereocenters. The van der Waals surface area contributed by atoms with Crippen molar-refractivity contribution in [3.8, 4) is 47.4 Å². The van der Waals surface area contributed by atoms with Crippen LogP contribution in [-0.4, -0.2) is 30.5 Å². The fourth-order valence-electron chi connectivity index (χ4n) is 4.23. The first-order chi connectivity index (χ1) is 21.1. The van der Waals surface area contributed by atoms with Gasteiger partial charge in [0, 0.05) is 60.6 Å². The minimum absolute atomic E-state index is 0. The Hall–Kier alpha value is -4.24. The van der Waals surface area contributed by atoms with Gasteiger partial charge in [0.1, 0.15) is 0 Å². The Labute approximate surface area is 294 Å². The summed E-state index contributed by atoms with van der Waals surface area (Å²) in [5.74, 6) is 27.6. The SMILES string of the molecule is COC1=NC(=NC2=NC(=[N-])c3cc(C#CC(C)(C)C)c(C#CC(C)(C)C)cc32)c2cc(C#CC(C)(C)C)c(C#CC(C)(C)C)cc21.[Li+]. The summed E-state index contributed by atoms with van der Waals surface area (Å²) < 4.78 is 5.69. The number of fused-ring (bicyclic) bond motifs is 2. The normalized spacial score (nSPS) is 14.4. The van der Waals surface area contributed by atoms with Crippen molar-refractivity contribution < 1.29 is 23.6 Å². The molecule has 2 aromatic carbocycles. The number of hydrogen-bond acceptors (Lipinski definition) is 2. The van der Waals surface area contributed by atoms with Crippen LogP contribution < -0.4 is 18.9 Å². The molecule has 0 fully saturated rings. The maximum Gasteiger partial charge on any atom is 1.00 e. The minimum atomic E-state index is -0.207. The van der Waals surface area contributed by atoms with Crippen LogP contribution in [0.25, 0.3) is 5.41 Å². The van der Waals surface area contributed by atoms with E-state index in [0.717, 1.165) is 33.4 Å². The van der Waals surface area contributed by atoms with Crippen molar-refractivity contribution in [2.24, 2.45) is 36.6 Å². The molecule has 0 spiro atoms. The Balaban J connectivity index is 0.00000600. The van der Waals surface area contributed by atoms with Gasteiger partial charge in [0.05, 0.1) is 12.9 Å². The number of benzene rings is 2. The van der Waals surface area contributed by atoms with Crippen molar-refractivity contribution in [2.45, 2.75) is 83.1 Å². The van der Waals surface area contributed by atoms with E-state index in [1.807, 2.05) is 24.3 Å². The molecule has 0 aromatic heterocycles. The molecule has 6 heteroatoms. The minimum Gasteiger partial charge on any atom is -0.480 e. The third-order valence-electron chi connectivity index (χ3n) is 6.38. The van der Waals surface area contributed by atoms with Crippen LogP contribution in [0.4, 0.5) is 0 Å². The molecule has 0 radical (unpaired) electrons. The van der Waals surface area contributed by atoms with Crippen molar-refractivity contribution in [3.05, 3.63) is 74.2 Å². The molecule has 0 N–H and O–H groups in total. The fraction of sp³-hybridized carbons (Fsp3) is 0.415. The van der Waals surface area contributed by atoms with Crippen molar-refractivity contribution in [1.29, 1.82) is 0 Å². The Bertz CT molecular complexity index is 1990. The van der Waals surface area contributed by atoms with Crippen LogP contribution in [0.15, 0.2) is 39.2 Å².